The highest BCUT2D eigenvalue weighted by Crippen LogP contribution is 2.20. The Morgan fingerprint density at radius 3 is 1.40 bits per heavy atom. The molecule has 0 atom stereocenters. The van der Waals surface area contributed by atoms with Gasteiger partial charge in [-0.2, -0.15) is 0 Å². The van der Waals surface area contributed by atoms with Gasteiger partial charge in [0.2, 0.25) is 0 Å². The molecule has 0 saturated heterocycles. The average molecular weight is 214 g/mol. The second kappa shape index (κ2) is 16.4. The Morgan fingerprint density at radius 2 is 1.07 bits per heavy atom. The van der Waals surface area contributed by atoms with Gasteiger partial charge in [0.1, 0.15) is 0 Å². The fourth-order valence-corrected chi connectivity index (χ4v) is 1.93. The summed E-state index contributed by atoms with van der Waals surface area (Å²) in [5.74, 6) is 1.03. The van der Waals surface area contributed by atoms with Crippen LogP contribution in [0.2, 0.25) is 0 Å². The van der Waals surface area contributed by atoms with Gasteiger partial charge in [-0.25, -0.2) is 0 Å². The van der Waals surface area contributed by atoms with Crippen LogP contribution >= 0.6 is 0 Å². The van der Waals surface area contributed by atoms with Crippen molar-refractivity contribution in [2.24, 2.45) is 5.92 Å². The minimum atomic E-state index is 1.03. The Morgan fingerprint density at radius 1 is 0.600 bits per heavy atom. The van der Waals surface area contributed by atoms with Crippen LogP contribution < -0.4 is 0 Å². The molecule has 0 heteroatoms. The van der Waals surface area contributed by atoms with E-state index in [9.17, 15) is 0 Å². The fraction of sp³-hybridized carbons (Fsp3) is 1.00. The molecule has 0 bridgehead atoms. The first-order chi connectivity index (χ1) is 7.26. The third-order valence-electron chi connectivity index (χ3n) is 2.61. The standard InChI is InChI=1S/C12H26.C3H8/c1-4-7-8-11-12(9-5-2)10-6-3;1-3-2/h12H,4-11H2,1-3H3;3H2,1-2H3. The summed E-state index contributed by atoms with van der Waals surface area (Å²) in [5.41, 5.74) is 0. The highest BCUT2D eigenvalue weighted by Gasteiger charge is 2.05. The van der Waals surface area contributed by atoms with Gasteiger partial charge in [0, 0.05) is 0 Å². The van der Waals surface area contributed by atoms with E-state index in [1.807, 2.05) is 0 Å². The summed E-state index contributed by atoms with van der Waals surface area (Å²) in [7, 11) is 0. The van der Waals surface area contributed by atoms with Gasteiger partial charge in [-0.05, 0) is 5.92 Å². The van der Waals surface area contributed by atoms with Crippen LogP contribution in [0, 0.1) is 5.92 Å². The summed E-state index contributed by atoms with van der Waals surface area (Å²) in [6.07, 6.45) is 12.6. The van der Waals surface area contributed by atoms with Crippen molar-refractivity contribution in [3.05, 3.63) is 0 Å². The van der Waals surface area contributed by atoms with Crippen LogP contribution in [0.3, 0.4) is 0 Å². The zero-order chi connectivity index (χ0) is 11.9. The summed E-state index contributed by atoms with van der Waals surface area (Å²) in [6.45, 7) is 11.2. The largest absolute Gasteiger partial charge is 0.0656 e. The maximum atomic E-state index is 2.31. The molecule has 0 amide bonds. The molecular weight excluding hydrogens is 180 g/mol. The van der Waals surface area contributed by atoms with Crippen molar-refractivity contribution >= 4 is 0 Å². The molecule has 0 aliphatic heterocycles. The van der Waals surface area contributed by atoms with E-state index in [-0.39, 0.29) is 0 Å². The normalized spacial score (nSPS) is 10.0. The molecule has 0 aliphatic carbocycles. The van der Waals surface area contributed by atoms with Gasteiger partial charge in [-0.3, -0.25) is 0 Å². The zero-order valence-electron chi connectivity index (χ0n) is 11.9. The zero-order valence-corrected chi connectivity index (χ0v) is 11.9. The predicted octanol–water partition coefficient (Wildman–Crippen LogP) is 6.20. The molecular formula is C15H34. The topological polar surface area (TPSA) is 0 Å². The van der Waals surface area contributed by atoms with E-state index in [0.29, 0.717) is 0 Å². The van der Waals surface area contributed by atoms with Gasteiger partial charge in [0.25, 0.3) is 0 Å². The molecule has 0 heterocycles. The molecule has 0 saturated carbocycles. The molecule has 0 spiro atoms. The lowest BCUT2D eigenvalue weighted by Gasteiger charge is -2.14. The predicted molar refractivity (Wildman–Crippen MR) is 73.4 cm³/mol. The second-order valence-electron chi connectivity index (χ2n) is 4.65. The molecule has 15 heavy (non-hydrogen) atoms. The van der Waals surface area contributed by atoms with E-state index in [2.05, 4.69) is 34.6 Å². The van der Waals surface area contributed by atoms with Crippen molar-refractivity contribution in [1.82, 2.24) is 0 Å². The van der Waals surface area contributed by atoms with Gasteiger partial charge in [0.05, 0.1) is 0 Å². The average Bonchev–Trinajstić information content (AvgIpc) is 2.20. The van der Waals surface area contributed by atoms with E-state index in [1.54, 1.807) is 0 Å². The van der Waals surface area contributed by atoms with Crippen LogP contribution in [0.15, 0.2) is 0 Å². The Balaban J connectivity index is 0. The lowest BCUT2D eigenvalue weighted by molar-refractivity contribution is 0.394. The Labute approximate surface area is 98.9 Å². The lowest BCUT2D eigenvalue weighted by Crippen LogP contribution is -1.99. The van der Waals surface area contributed by atoms with Crippen LogP contribution in [0.1, 0.15) is 92.4 Å². The van der Waals surface area contributed by atoms with Crippen LogP contribution in [-0.2, 0) is 0 Å². The minimum Gasteiger partial charge on any atom is -0.0656 e. The van der Waals surface area contributed by atoms with Gasteiger partial charge in [0.15, 0.2) is 0 Å². The summed E-state index contributed by atoms with van der Waals surface area (Å²) >= 11 is 0. The highest BCUT2D eigenvalue weighted by atomic mass is 14.1. The molecule has 0 rings (SSSR count). The number of unbranched alkanes of at least 4 members (excludes halogenated alkanes) is 2. The van der Waals surface area contributed by atoms with Crippen molar-refractivity contribution in [3.8, 4) is 0 Å². The van der Waals surface area contributed by atoms with E-state index >= 15 is 0 Å². The minimum absolute atomic E-state index is 1.03. The first-order valence-corrected chi connectivity index (χ1v) is 7.26. The third kappa shape index (κ3) is 16.7. The Kier molecular flexibility index (Phi) is 19.1. The first kappa shape index (κ1) is 17.4. The molecule has 94 valence electrons. The van der Waals surface area contributed by atoms with Crippen molar-refractivity contribution in [2.45, 2.75) is 92.4 Å². The van der Waals surface area contributed by atoms with Crippen molar-refractivity contribution in [3.63, 3.8) is 0 Å². The number of rotatable bonds is 8. The molecule has 0 aromatic carbocycles. The van der Waals surface area contributed by atoms with Gasteiger partial charge in [-0.15, -0.1) is 0 Å². The fourth-order valence-electron chi connectivity index (χ4n) is 1.93. The van der Waals surface area contributed by atoms with Crippen LogP contribution in [-0.4, -0.2) is 0 Å². The molecule has 0 nitrogen and oxygen atoms in total. The molecule has 0 aliphatic rings. The van der Waals surface area contributed by atoms with E-state index in [0.717, 1.165) is 5.92 Å². The second-order valence-corrected chi connectivity index (χ2v) is 4.65. The monoisotopic (exact) mass is 214 g/mol. The van der Waals surface area contributed by atoms with Crippen molar-refractivity contribution in [1.29, 1.82) is 0 Å². The molecule has 0 unspecified atom stereocenters. The van der Waals surface area contributed by atoms with Crippen molar-refractivity contribution < 1.29 is 0 Å². The summed E-state index contributed by atoms with van der Waals surface area (Å²) in [6, 6.07) is 0. The van der Waals surface area contributed by atoms with Gasteiger partial charge < -0.3 is 0 Å². The maximum Gasteiger partial charge on any atom is -0.0414 e. The first-order valence-electron chi connectivity index (χ1n) is 7.26. The maximum absolute atomic E-state index is 2.31. The molecule has 0 fully saturated rings. The van der Waals surface area contributed by atoms with Crippen LogP contribution in [0.5, 0.6) is 0 Å². The number of hydrogen-bond acceptors (Lipinski definition) is 0. The van der Waals surface area contributed by atoms with E-state index in [1.165, 1.54) is 57.8 Å². The molecule has 0 aromatic rings. The molecule has 0 aromatic heterocycles. The smallest absolute Gasteiger partial charge is 0.0414 e. The van der Waals surface area contributed by atoms with Crippen LogP contribution in [0.4, 0.5) is 0 Å². The summed E-state index contributed by atoms with van der Waals surface area (Å²) in [5, 5.41) is 0. The number of hydrogen-bond donors (Lipinski definition) is 0. The molecule has 0 radical (unpaired) electrons. The van der Waals surface area contributed by atoms with Gasteiger partial charge in [-0.1, -0.05) is 92.4 Å². The lowest BCUT2D eigenvalue weighted by atomic mass is 9.92. The molecule has 0 N–H and O–H groups in total. The van der Waals surface area contributed by atoms with E-state index < -0.39 is 0 Å². The quantitative estimate of drug-likeness (QED) is 0.422. The van der Waals surface area contributed by atoms with E-state index in [4.69, 9.17) is 0 Å². The third-order valence-corrected chi connectivity index (χ3v) is 2.61. The van der Waals surface area contributed by atoms with Gasteiger partial charge >= 0.3 is 0 Å². The van der Waals surface area contributed by atoms with Crippen LogP contribution in [0.25, 0.3) is 0 Å². The Bertz CT molecular complexity index is 80.0. The highest BCUT2D eigenvalue weighted by molar-refractivity contribution is 4.58. The summed E-state index contributed by atoms with van der Waals surface area (Å²) in [4.78, 5) is 0. The van der Waals surface area contributed by atoms with Crippen molar-refractivity contribution in [2.75, 3.05) is 0 Å². The summed E-state index contributed by atoms with van der Waals surface area (Å²) < 4.78 is 0. The Hall–Kier alpha value is 0. The SMILES string of the molecule is CCC.CCCCCC(CCC)CCC.